The second-order valence-corrected chi connectivity index (χ2v) is 4.74. The highest BCUT2D eigenvalue weighted by Gasteiger charge is 2.08. The maximum atomic E-state index is 11.8. The van der Waals surface area contributed by atoms with Gasteiger partial charge in [0.1, 0.15) is 5.76 Å². The molecule has 21 heavy (non-hydrogen) atoms. The van der Waals surface area contributed by atoms with Crippen molar-refractivity contribution in [3.8, 4) is 0 Å². The van der Waals surface area contributed by atoms with Gasteiger partial charge < -0.3 is 14.9 Å². The van der Waals surface area contributed by atoms with Crippen molar-refractivity contribution in [3.63, 3.8) is 0 Å². The number of anilines is 1. The Morgan fingerprint density at radius 3 is 2.57 bits per heavy atom. The predicted octanol–water partition coefficient (Wildman–Crippen LogP) is 2.18. The molecule has 0 aliphatic rings. The summed E-state index contributed by atoms with van der Waals surface area (Å²) in [7, 11) is 0. The molecule has 0 aliphatic heterocycles. The summed E-state index contributed by atoms with van der Waals surface area (Å²) in [6.45, 7) is 1.77. The third kappa shape index (κ3) is 4.76. The van der Waals surface area contributed by atoms with Gasteiger partial charge >= 0.3 is 5.97 Å². The minimum absolute atomic E-state index is 0.0945. The van der Waals surface area contributed by atoms with Crippen molar-refractivity contribution < 1.29 is 19.2 Å². The molecule has 1 amide bonds. The number of nitrogens with zero attached hydrogens (tertiary/aromatic N) is 1. The fraction of sp³-hybridized carbons (Fsp3) is 0.267. The van der Waals surface area contributed by atoms with E-state index in [0.29, 0.717) is 23.6 Å². The third-order valence-corrected chi connectivity index (χ3v) is 2.88. The molecule has 2 rings (SSSR count). The van der Waals surface area contributed by atoms with Crippen molar-refractivity contribution in [2.75, 3.05) is 5.32 Å². The van der Waals surface area contributed by atoms with Gasteiger partial charge in [-0.05, 0) is 31.0 Å². The van der Waals surface area contributed by atoms with E-state index in [9.17, 15) is 9.59 Å². The number of benzene rings is 1. The number of nitrogens with one attached hydrogen (secondary N) is 1. The summed E-state index contributed by atoms with van der Waals surface area (Å²) in [5.41, 5.74) is 2.17. The van der Waals surface area contributed by atoms with Crippen molar-refractivity contribution >= 4 is 17.6 Å². The maximum Gasteiger partial charge on any atom is 0.303 e. The number of rotatable bonds is 6. The van der Waals surface area contributed by atoms with Crippen LogP contribution in [0.15, 0.2) is 34.9 Å². The van der Waals surface area contributed by atoms with Crippen LogP contribution in [0.2, 0.25) is 0 Å². The molecule has 110 valence electrons. The zero-order valence-electron chi connectivity index (χ0n) is 11.6. The zero-order valence-corrected chi connectivity index (χ0v) is 11.6. The van der Waals surface area contributed by atoms with Gasteiger partial charge in [0, 0.05) is 18.2 Å². The average molecular weight is 288 g/mol. The fourth-order valence-corrected chi connectivity index (χ4v) is 1.88. The molecule has 0 fully saturated rings. The van der Waals surface area contributed by atoms with Crippen molar-refractivity contribution in [1.82, 2.24) is 5.16 Å². The number of carboxylic acids is 1. The Labute approximate surface area is 121 Å². The van der Waals surface area contributed by atoms with Crippen LogP contribution in [0.4, 0.5) is 5.69 Å². The number of carbonyl (C=O) groups excluding carboxylic acids is 1. The summed E-state index contributed by atoms with van der Waals surface area (Å²) in [5, 5.41) is 15.1. The molecule has 6 nitrogen and oxygen atoms in total. The highest BCUT2D eigenvalue weighted by Crippen LogP contribution is 2.12. The molecule has 0 bridgehead atoms. The van der Waals surface area contributed by atoms with Crippen molar-refractivity contribution in [2.24, 2.45) is 0 Å². The van der Waals surface area contributed by atoms with Gasteiger partial charge in [0.2, 0.25) is 5.91 Å². The van der Waals surface area contributed by atoms with E-state index in [4.69, 9.17) is 9.63 Å². The number of aryl methyl sites for hydroxylation is 2. The average Bonchev–Trinajstić information content (AvgIpc) is 2.83. The molecular weight excluding hydrogens is 272 g/mol. The number of aliphatic carboxylic acids is 1. The van der Waals surface area contributed by atoms with Crippen LogP contribution in [0.1, 0.15) is 23.4 Å². The lowest BCUT2D eigenvalue weighted by Crippen LogP contribution is -2.14. The summed E-state index contributed by atoms with van der Waals surface area (Å²) in [6.07, 6.45) is 0.719. The van der Waals surface area contributed by atoms with E-state index in [-0.39, 0.29) is 18.7 Å². The van der Waals surface area contributed by atoms with E-state index in [0.717, 1.165) is 5.56 Å². The largest absolute Gasteiger partial charge is 0.481 e. The van der Waals surface area contributed by atoms with E-state index in [1.165, 1.54) is 0 Å². The molecule has 0 unspecified atom stereocenters. The third-order valence-electron chi connectivity index (χ3n) is 2.88. The van der Waals surface area contributed by atoms with Gasteiger partial charge in [0.15, 0.2) is 0 Å². The Morgan fingerprint density at radius 2 is 2.00 bits per heavy atom. The lowest BCUT2D eigenvalue weighted by atomic mass is 10.1. The first-order chi connectivity index (χ1) is 10.0. The molecule has 1 aromatic heterocycles. The summed E-state index contributed by atoms with van der Waals surface area (Å²) in [5.74, 6) is -0.336. The van der Waals surface area contributed by atoms with Crippen molar-refractivity contribution in [1.29, 1.82) is 0 Å². The molecule has 2 N–H and O–H groups in total. The standard InChI is InChI=1S/C15H16N2O4/c1-10-8-13(17-21-10)9-14(18)16-12-5-2-11(3-6-12)4-7-15(19)20/h2-3,5-6,8H,4,7,9H2,1H3,(H,16,18)(H,19,20). The minimum Gasteiger partial charge on any atom is -0.481 e. The Kier molecular flexibility index (Phi) is 4.71. The topological polar surface area (TPSA) is 92.4 Å². The monoisotopic (exact) mass is 288 g/mol. The van der Waals surface area contributed by atoms with Crippen LogP contribution in [0, 0.1) is 6.92 Å². The van der Waals surface area contributed by atoms with Gasteiger partial charge in [-0.25, -0.2) is 0 Å². The molecule has 0 radical (unpaired) electrons. The predicted molar refractivity (Wildman–Crippen MR) is 76.0 cm³/mol. The quantitative estimate of drug-likeness (QED) is 0.850. The van der Waals surface area contributed by atoms with Gasteiger partial charge in [-0.15, -0.1) is 0 Å². The van der Waals surface area contributed by atoms with E-state index >= 15 is 0 Å². The normalized spacial score (nSPS) is 10.3. The molecule has 1 heterocycles. The molecule has 0 saturated heterocycles. The lowest BCUT2D eigenvalue weighted by Gasteiger charge is -2.05. The van der Waals surface area contributed by atoms with E-state index < -0.39 is 5.97 Å². The molecule has 0 atom stereocenters. The van der Waals surface area contributed by atoms with Gasteiger partial charge in [-0.1, -0.05) is 17.3 Å². The molecule has 0 aliphatic carbocycles. The zero-order chi connectivity index (χ0) is 15.2. The Morgan fingerprint density at radius 1 is 1.29 bits per heavy atom. The maximum absolute atomic E-state index is 11.8. The molecule has 0 spiro atoms. The Bertz CT molecular complexity index is 631. The van der Waals surface area contributed by atoms with Crippen LogP contribution in [0.25, 0.3) is 0 Å². The van der Waals surface area contributed by atoms with Crippen LogP contribution >= 0.6 is 0 Å². The number of carbonyl (C=O) groups is 2. The number of carboxylic acid groups (broad SMARTS) is 1. The smallest absolute Gasteiger partial charge is 0.303 e. The van der Waals surface area contributed by atoms with Crippen LogP contribution < -0.4 is 5.32 Å². The number of aromatic nitrogens is 1. The molecule has 1 aromatic carbocycles. The van der Waals surface area contributed by atoms with E-state index in [1.807, 2.05) is 0 Å². The Balaban J connectivity index is 1.87. The summed E-state index contributed by atoms with van der Waals surface area (Å²) in [4.78, 5) is 22.3. The van der Waals surface area contributed by atoms with Crippen LogP contribution in [-0.4, -0.2) is 22.1 Å². The summed E-state index contributed by atoms with van der Waals surface area (Å²) >= 11 is 0. The number of hydrogen-bond donors (Lipinski definition) is 2. The molecule has 2 aromatic rings. The minimum atomic E-state index is -0.824. The SMILES string of the molecule is Cc1cc(CC(=O)Nc2ccc(CCC(=O)O)cc2)no1. The van der Waals surface area contributed by atoms with Gasteiger partial charge in [0.05, 0.1) is 12.1 Å². The summed E-state index contributed by atoms with van der Waals surface area (Å²) < 4.78 is 4.90. The van der Waals surface area contributed by atoms with Crippen molar-refractivity contribution in [3.05, 3.63) is 47.3 Å². The van der Waals surface area contributed by atoms with E-state index in [2.05, 4.69) is 10.5 Å². The Hall–Kier alpha value is -2.63. The van der Waals surface area contributed by atoms with Crippen LogP contribution in [0.3, 0.4) is 0 Å². The van der Waals surface area contributed by atoms with Gasteiger partial charge in [0.25, 0.3) is 0 Å². The first-order valence-electron chi connectivity index (χ1n) is 6.56. The first-order valence-corrected chi connectivity index (χ1v) is 6.56. The lowest BCUT2D eigenvalue weighted by molar-refractivity contribution is -0.137. The van der Waals surface area contributed by atoms with Crippen LogP contribution in [0.5, 0.6) is 0 Å². The van der Waals surface area contributed by atoms with Crippen molar-refractivity contribution in [2.45, 2.75) is 26.2 Å². The molecule has 0 saturated carbocycles. The first kappa shape index (κ1) is 14.8. The fourth-order valence-electron chi connectivity index (χ4n) is 1.88. The molecule has 6 heteroatoms. The summed E-state index contributed by atoms with van der Waals surface area (Å²) in [6, 6.07) is 8.83. The van der Waals surface area contributed by atoms with Gasteiger partial charge in [-0.3, -0.25) is 9.59 Å². The second-order valence-electron chi connectivity index (χ2n) is 4.74. The number of amides is 1. The highest BCUT2D eigenvalue weighted by molar-refractivity contribution is 5.92. The second kappa shape index (κ2) is 6.69. The van der Waals surface area contributed by atoms with Gasteiger partial charge in [-0.2, -0.15) is 0 Å². The highest BCUT2D eigenvalue weighted by atomic mass is 16.5. The number of hydrogen-bond acceptors (Lipinski definition) is 4. The van der Waals surface area contributed by atoms with E-state index in [1.54, 1.807) is 37.3 Å². The van der Waals surface area contributed by atoms with Crippen LogP contribution in [-0.2, 0) is 22.4 Å². The molecular formula is C15H16N2O4.